The van der Waals surface area contributed by atoms with Gasteiger partial charge in [-0.3, -0.25) is 37.3 Å². The number of unbranched alkanes of at least 4 members (excludes halogenated alkanes) is 60. The van der Waals surface area contributed by atoms with Gasteiger partial charge < -0.3 is 33.8 Å². The fourth-order valence-corrected chi connectivity index (χ4v) is 15.4. The first-order valence-corrected chi connectivity index (χ1v) is 48.6. The predicted octanol–water partition coefficient (Wildman–Crippen LogP) is 27.2. The van der Waals surface area contributed by atoms with Crippen LogP contribution in [0.4, 0.5) is 0 Å². The molecule has 0 aromatic heterocycles. The van der Waals surface area contributed by atoms with E-state index in [1.165, 1.54) is 302 Å². The highest BCUT2D eigenvalue weighted by Gasteiger charge is 2.30. The molecule has 0 radical (unpaired) electrons. The molecule has 0 saturated carbocycles. The van der Waals surface area contributed by atoms with Crippen molar-refractivity contribution in [3.8, 4) is 0 Å². The van der Waals surface area contributed by atoms with Gasteiger partial charge in [0.2, 0.25) is 0 Å². The summed E-state index contributed by atoms with van der Waals surface area (Å²) in [5, 5.41) is 10.7. The number of aliphatic hydroxyl groups excluding tert-OH is 1. The molecule has 0 rings (SSSR count). The molecule has 3 N–H and O–H groups in total. The maximum Gasteiger partial charge on any atom is 0.472 e. The van der Waals surface area contributed by atoms with E-state index in [4.69, 9.17) is 37.0 Å². The van der Waals surface area contributed by atoms with E-state index in [-0.39, 0.29) is 25.7 Å². The SMILES string of the molecule is CCCCCCCCCCCCCCCCCCCCCCCCC(=O)O[C@H](COC(=O)CCCCCCCCCCCCCCCCCCC(C)C)COP(=O)(O)OC[C@@H](O)COP(=O)(O)OC[C@@H](COC(=O)CCCCCCCCCC)OC(=O)CCCCCCCCCCCCCCCCCCCC. The minimum Gasteiger partial charge on any atom is -0.462 e. The molecule has 0 saturated heterocycles. The summed E-state index contributed by atoms with van der Waals surface area (Å²) < 4.78 is 68.9. The Balaban J connectivity index is 5.17. The third-order valence-electron chi connectivity index (χ3n) is 20.8. The van der Waals surface area contributed by atoms with Gasteiger partial charge in [0.15, 0.2) is 12.2 Å². The van der Waals surface area contributed by atoms with Crippen LogP contribution in [0.5, 0.6) is 0 Å². The third-order valence-corrected chi connectivity index (χ3v) is 22.7. The lowest BCUT2D eigenvalue weighted by atomic mass is 10.0. The number of esters is 4. The molecule has 0 aliphatic heterocycles. The van der Waals surface area contributed by atoms with Gasteiger partial charge in [-0.1, -0.05) is 426 Å². The highest BCUT2D eigenvalue weighted by molar-refractivity contribution is 7.47. The maximum atomic E-state index is 13.2. The summed E-state index contributed by atoms with van der Waals surface area (Å²) in [7, 11) is -9.93. The van der Waals surface area contributed by atoms with Crippen LogP contribution in [-0.4, -0.2) is 96.7 Å². The fraction of sp³-hybridized carbons (Fsp3) is 0.955. The lowest BCUT2D eigenvalue weighted by Gasteiger charge is -2.21. The first-order valence-electron chi connectivity index (χ1n) is 45.6. The summed E-state index contributed by atoms with van der Waals surface area (Å²) in [4.78, 5) is 73.2. The van der Waals surface area contributed by atoms with Gasteiger partial charge in [0, 0.05) is 25.7 Å². The van der Waals surface area contributed by atoms with Crippen LogP contribution in [-0.2, 0) is 65.4 Å². The largest absolute Gasteiger partial charge is 0.472 e. The van der Waals surface area contributed by atoms with Gasteiger partial charge in [-0.15, -0.1) is 0 Å². The van der Waals surface area contributed by atoms with Crippen LogP contribution in [0, 0.1) is 5.92 Å². The second-order valence-corrected chi connectivity index (χ2v) is 35.0. The van der Waals surface area contributed by atoms with Crippen molar-refractivity contribution in [1.82, 2.24) is 0 Å². The van der Waals surface area contributed by atoms with Crippen molar-refractivity contribution in [3.05, 3.63) is 0 Å². The van der Waals surface area contributed by atoms with Crippen LogP contribution < -0.4 is 0 Å². The van der Waals surface area contributed by atoms with Crippen LogP contribution in [0.1, 0.15) is 478 Å². The van der Waals surface area contributed by atoms with Crippen molar-refractivity contribution in [2.24, 2.45) is 5.92 Å². The van der Waals surface area contributed by atoms with E-state index >= 15 is 0 Å². The Bertz CT molecular complexity index is 2030. The monoisotopic (exact) mass is 1560 g/mol. The second-order valence-electron chi connectivity index (χ2n) is 32.1. The summed E-state index contributed by atoms with van der Waals surface area (Å²) in [6, 6.07) is 0. The first-order chi connectivity index (χ1) is 52.0. The Morgan fingerprint density at radius 1 is 0.252 bits per heavy atom. The minimum atomic E-state index is -4.97. The standard InChI is InChI=1S/C88H172O17P2/c1-6-9-12-15-18-21-23-25-27-29-31-32-33-34-36-42-46-50-54-59-64-69-74-88(93)105-84(78-99-86(91)72-67-62-57-52-48-44-40-38-37-39-43-47-51-55-60-65-70-81(4)5)80-103-107(96,97)101-76-82(89)75-100-106(94,95)102-79-83(77-98-85(90)71-66-61-56-20-17-14-11-8-3)104-87(92)73-68-63-58-53-49-45-41-35-30-28-26-24-22-19-16-13-10-7-2/h81-84,89H,6-80H2,1-5H3,(H,94,95)(H,96,97)/t82-,83+,84+/m0/s1. The van der Waals surface area contributed by atoms with Crippen molar-refractivity contribution in [3.63, 3.8) is 0 Å². The fourth-order valence-electron chi connectivity index (χ4n) is 13.8. The van der Waals surface area contributed by atoms with Gasteiger partial charge in [0.25, 0.3) is 0 Å². The Morgan fingerprint density at radius 3 is 0.636 bits per heavy atom. The summed E-state index contributed by atoms with van der Waals surface area (Å²) in [5.74, 6) is -1.29. The van der Waals surface area contributed by atoms with Gasteiger partial charge in [-0.25, -0.2) is 9.13 Å². The van der Waals surface area contributed by atoms with Gasteiger partial charge in [0.1, 0.15) is 19.3 Å². The molecule has 0 bridgehead atoms. The molecule has 0 aromatic rings. The number of aliphatic hydroxyl groups is 1. The summed E-state index contributed by atoms with van der Waals surface area (Å²) >= 11 is 0. The number of hydrogen-bond acceptors (Lipinski definition) is 15. The Labute approximate surface area is 658 Å². The van der Waals surface area contributed by atoms with E-state index in [1.807, 2.05) is 0 Å². The molecule has 0 aliphatic carbocycles. The molecule has 0 aromatic carbocycles. The lowest BCUT2D eigenvalue weighted by Crippen LogP contribution is -2.30. The van der Waals surface area contributed by atoms with Crippen molar-refractivity contribution in [2.75, 3.05) is 39.6 Å². The molecule has 0 aliphatic rings. The Kier molecular flexibility index (Phi) is 79.2. The molecule has 19 heteroatoms. The van der Waals surface area contributed by atoms with Gasteiger partial charge in [-0.2, -0.15) is 0 Å². The van der Waals surface area contributed by atoms with Crippen LogP contribution in [0.2, 0.25) is 0 Å². The molecule has 5 atom stereocenters. The molecular weight excluding hydrogens is 1390 g/mol. The summed E-state index contributed by atoms with van der Waals surface area (Å²) in [6.07, 6.45) is 75.2. The molecular formula is C88H172O17P2. The van der Waals surface area contributed by atoms with E-state index in [1.54, 1.807) is 0 Å². The van der Waals surface area contributed by atoms with Crippen molar-refractivity contribution >= 4 is 39.5 Å². The van der Waals surface area contributed by atoms with E-state index in [2.05, 4.69) is 34.6 Å². The van der Waals surface area contributed by atoms with Gasteiger partial charge >= 0.3 is 39.5 Å². The highest BCUT2D eigenvalue weighted by atomic mass is 31.2. The predicted molar refractivity (Wildman–Crippen MR) is 442 cm³/mol. The third kappa shape index (κ3) is 81.9. The average molecular weight is 1560 g/mol. The number of rotatable bonds is 88. The van der Waals surface area contributed by atoms with E-state index in [9.17, 15) is 43.2 Å². The molecule has 636 valence electrons. The average Bonchev–Trinajstić information content (AvgIpc) is 0.899. The minimum absolute atomic E-state index is 0.109. The molecule has 17 nitrogen and oxygen atoms in total. The zero-order chi connectivity index (χ0) is 78.3. The van der Waals surface area contributed by atoms with Crippen LogP contribution in [0.15, 0.2) is 0 Å². The number of ether oxygens (including phenoxy) is 4. The number of phosphoric acid groups is 2. The number of carbonyl (C=O) groups excluding carboxylic acids is 4. The van der Waals surface area contributed by atoms with Crippen LogP contribution in [0.3, 0.4) is 0 Å². The van der Waals surface area contributed by atoms with E-state index < -0.39 is 97.5 Å². The van der Waals surface area contributed by atoms with E-state index in [0.717, 1.165) is 95.8 Å². The Morgan fingerprint density at radius 2 is 0.430 bits per heavy atom. The van der Waals surface area contributed by atoms with Crippen molar-refractivity contribution < 1.29 is 80.2 Å². The number of hydrogen-bond donors (Lipinski definition) is 3. The normalized spacial score (nSPS) is 13.7. The van der Waals surface area contributed by atoms with Crippen molar-refractivity contribution in [2.45, 2.75) is 496 Å². The zero-order valence-electron chi connectivity index (χ0n) is 70.3. The second kappa shape index (κ2) is 80.7. The van der Waals surface area contributed by atoms with E-state index in [0.29, 0.717) is 25.7 Å². The van der Waals surface area contributed by atoms with Crippen LogP contribution >= 0.6 is 15.6 Å². The first kappa shape index (κ1) is 105. The van der Waals surface area contributed by atoms with Crippen LogP contribution in [0.25, 0.3) is 0 Å². The smallest absolute Gasteiger partial charge is 0.462 e. The quantitative estimate of drug-likeness (QED) is 0.0222. The number of carbonyl (C=O) groups is 4. The van der Waals surface area contributed by atoms with Crippen molar-refractivity contribution in [1.29, 1.82) is 0 Å². The molecule has 0 spiro atoms. The highest BCUT2D eigenvalue weighted by Crippen LogP contribution is 2.45. The van der Waals surface area contributed by atoms with Gasteiger partial charge in [-0.05, 0) is 31.6 Å². The summed E-state index contributed by atoms with van der Waals surface area (Å²) in [6.45, 7) is 7.38. The molecule has 2 unspecified atom stereocenters. The lowest BCUT2D eigenvalue weighted by molar-refractivity contribution is -0.161. The molecule has 0 fully saturated rings. The molecule has 0 amide bonds. The molecule has 107 heavy (non-hydrogen) atoms. The summed E-state index contributed by atoms with van der Waals surface area (Å²) in [5.41, 5.74) is 0. The molecule has 0 heterocycles. The Hall–Kier alpha value is -1.94. The maximum absolute atomic E-state index is 13.2. The van der Waals surface area contributed by atoms with Gasteiger partial charge in [0.05, 0.1) is 26.4 Å². The number of phosphoric ester groups is 2. The topological polar surface area (TPSA) is 237 Å². The zero-order valence-corrected chi connectivity index (χ0v) is 72.1.